The number of aliphatic hydroxyl groups excluding tert-OH is 2. The minimum absolute atomic E-state index is 0.00183. The second kappa shape index (κ2) is 30.0. The van der Waals surface area contributed by atoms with Gasteiger partial charge in [0.15, 0.2) is 0 Å². The number of allylic oxidation sites excluding steroid dienone is 1. The summed E-state index contributed by atoms with van der Waals surface area (Å²) in [6.45, 7) is 7.59. The van der Waals surface area contributed by atoms with Crippen LogP contribution in [0.4, 0.5) is 9.59 Å². The van der Waals surface area contributed by atoms with E-state index in [-0.39, 0.29) is 63.8 Å². The van der Waals surface area contributed by atoms with Crippen LogP contribution in [0.5, 0.6) is 11.5 Å². The van der Waals surface area contributed by atoms with Crippen molar-refractivity contribution in [3.05, 3.63) is 168 Å². The van der Waals surface area contributed by atoms with Gasteiger partial charge in [0.2, 0.25) is 5.79 Å². The highest BCUT2D eigenvalue weighted by Crippen LogP contribution is 2.62. The first-order valence-corrected chi connectivity index (χ1v) is 29.0. The Hall–Kier alpha value is -6.47. The van der Waals surface area contributed by atoms with Crippen molar-refractivity contribution in [1.82, 2.24) is 10.2 Å². The molecule has 0 spiro atoms. The van der Waals surface area contributed by atoms with Crippen molar-refractivity contribution < 1.29 is 43.6 Å². The van der Waals surface area contributed by atoms with Gasteiger partial charge in [-0.15, -0.1) is 6.58 Å². The molecular weight excluding hydrogens is 979 g/mol. The van der Waals surface area contributed by atoms with Crippen LogP contribution in [-0.4, -0.2) is 71.3 Å². The summed E-state index contributed by atoms with van der Waals surface area (Å²) in [7, 11) is 0. The van der Waals surface area contributed by atoms with Crippen LogP contribution in [0.25, 0.3) is 10.8 Å². The standard InChI is InChI=1S/C66H83N3O9/c1-3-5-6-7-8-9-10-11-12-25-42-74-65(73)69(47-53-34-26-33-51-31-19-20-35-55(51)53)61-45-59(68-76-48-50-29-17-14-18-30-50)57-43-52(32-21-23-39-70)56(36-22-24-40-71)62-58-44-54(77-64(72)67-46-49-27-15-13-16-28-49)37-38-60(58)78-66(61,63(57)62)75-41-4-2/h4,13-20,26-31,33-35,37-38,43-44,52,56,61-63,70-71H,2-3,5-12,21-25,32,36,39-42,45-48H2,1H3,(H,67,72). The first-order chi connectivity index (χ1) is 38.4. The molecule has 1 fully saturated rings. The lowest BCUT2D eigenvalue weighted by atomic mass is 9.55. The maximum atomic E-state index is 15.4. The summed E-state index contributed by atoms with van der Waals surface area (Å²) in [4.78, 5) is 37.2. The highest BCUT2D eigenvalue weighted by molar-refractivity contribution is 6.03. The molecule has 3 N–H and O–H groups in total. The van der Waals surface area contributed by atoms with Crippen molar-refractivity contribution in [1.29, 1.82) is 0 Å². The monoisotopic (exact) mass is 1060 g/mol. The molecule has 12 nitrogen and oxygen atoms in total. The predicted molar refractivity (Wildman–Crippen MR) is 308 cm³/mol. The second-order valence-electron chi connectivity index (χ2n) is 21.3. The first-order valence-electron chi connectivity index (χ1n) is 29.0. The summed E-state index contributed by atoms with van der Waals surface area (Å²) < 4.78 is 27.3. The molecule has 416 valence electrons. The summed E-state index contributed by atoms with van der Waals surface area (Å²) in [5.41, 5.74) is 5.27. The molecule has 0 radical (unpaired) electrons. The van der Waals surface area contributed by atoms with Gasteiger partial charge in [0.05, 0.1) is 31.4 Å². The summed E-state index contributed by atoms with van der Waals surface area (Å²) in [5, 5.41) is 30.3. The Morgan fingerprint density at radius 3 is 2.19 bits per heavy atom. The normalized spacial score (nSPS) is 20.7. The zero-order valence-electron chi connectivity index (χ0n) is 45.9. The SMILES string of the molecule is C=CCOC12Oc3ccc(OC(=O)NCc4ccccc4)cc3C3C(CCCCO)C(CCCCO)C=C(C(=NOCc4ccccc4)CC1N(Cc1cccc4ccccc14)C(=O)OCCCCCCCCCCCC)C32. The van der Waals surface area contributed by atoms with Gasteiger partial charge < -0.3 is 39.3 Å². The smallest absolute Gasteiger partial charge is 0.412 e. The van der Waals surface area contributed by atoms with Gasteiger partial charge >= 0.3 is 12.2 Å². The fourth-order valence-corrected chi connectivity index (χ4v) is 12.1. The number of amides is 2. The van der Waals surface area contributed by atoms with E-state index in [1.165, 1.54) is 44.9 Å². The van der Waals surface area contributed by atoms with Gasteiger partial charge in [0.25, 0.3) is 0 Å². The van der Waals surface area contributed by atoms with Gasteiger partial charge in [-0.25, -0.2) is 9.59 Å². The molecule has 2 amide bonds. The number of oxime groups is 1. The van der Waals surface area contributed by atoms with Crippen molar-refractivity contribution in [2.45, 2.75) is 154 Å². The first kappa shape index (κ1) is 57.7. The van der Waals surface area contributed by atoms with E-state index < -0.39 is 29.9 Å². The number of carbonyl (C=O) groups is 2. The number of aliphatic hydroxyl groups is 2. The Kier molecular flexibility index (Phi) is 22.2. The van der Waals surface area contributed by atoms with Gasteiger partial charge in [-0.1, -0.05) is 198 Å². The van der Waals surface area contributed by atoms with Gasteiger partial charge in [-0.05, 0) is 95.2 Å². The lowest BCUT2D eigenvalue weighted by Gasteiger charge is -2.59. The summed E-state index contributed by atoms with van der Waals surface area (Å²) in [5.74, 6) is -1.58. The largest absolute Gasteiger partial charge is 0.459 e. The maximum Gasteiger partial charge on any atom is 0.412 e. The highest BCUT2D eigenvalue weighted by atomic mass is 16.7. The molecule has 3 aliphatic rings. The van der Waals surface area contributed by atoms with Crippen LogP contribution < -0.4 is 14.8 Å². The predicted octanol–water partition coefficient (Wildman–Crippen LogP) is 14.5. The second-order valence-corrected chi connectivity index (χ2v) is 21.3. The van der Waals surface area contributed by atoms with E-state index in [4.69, 9.17) is 28.9 Å². The van der Waals surface area contributed by atoms with Gasteiger partial charge in [0, 0.05) is 37.7 Å². The molecule has 1 aliphatic heterocycles. The Bertz CT molecular complexity index is 2730. The summed E-state index contributed by atoms with van der Waals surface area (Å²) >= 11 is 0. The Morgan fingerprint density at radius 2 is 1.46 bits per heavy atom. The summed E-state index contributed by atoms with van der Waals surface area (Å²) in [6, 6.07) is 38.7. The van der Waals surface area contributed by atoms with Crippen molar-refractivity contribution >= 4 is 28.7 Å². The maximum absolute atomic E-state index is 15.4. The van der Waals surface area contributed by atoms with E-state index in [9.17, 15) is 15.0 Å². The number of hydrogen-bond donors (Lipinski definition) is 3. The molecule has 5 aromatic carbocycles. The van der Waals surface area contributed by atoms with Crippen molar-refractivity contribution in [3.8, 4) is 11.5 Å². The summed E-state index contributed by atoms with van der Waals surface area (Å²) in [6.07, 6.45) is 19.1. The molecule has 0 saturated heterocycles. The van der Waals surface area contributed by atoms with Crippen molar-refractivity contribution in [2.75, 3.05) is 26.4 Å². The zero-order valence-corrected chi connectivity index (χ0v) is 45.9. The number of hydrogen-bond acceptors (Lipinski definition) is 10. The van der Waals surface area contributed by atoms with Crippen molar-refractivity contribution in [3.63, 3.8) is 0 Å². The van der Waals surface area contributed by atoms with Crippen LogP contribution in [0.15, 0.2) is 151 Å². The average molecular weight is 1060 g/mol. The number of unbranched alkanes of at least 4 members (excludes halogenated alkanes) is 11. The third-order valence-electron chi connectivity index (χ3n) is 15.9. The molecule has 12 heteroatoms. The number of rotatable bonds is 31. The van der Waals surface area contributed by atoms with Crippen LogP contribution in [0, 0.1) is 17.8 Å². The molecule has 6 atom stereocenters. The molecule has 1 heterocycles. The number of fused-ring (bicyclic) bond motifs is 3. The fraction of sp³-hybridized carbons (Fsp3) is 0.470. The molecule has 2 aliphatic carbocycles. The van der Waals surface area contributed by atoms with Gasteiger partial charge in [-0.2, -0.15) is 0 Å². The number of carbonyl (C=O) groups excluding carboxylic acids is 2. The molecule has 0 bridgehead atoms. The molecule has 0 aromatic heterocycles. The lowest BCUT2D eigenvalue weighted by molar-refractivity contribution is -0.256. The molecule has 1 saturated carbocycles. The van der Waals surface area contributed by atoms with Crippen LogP contribution in [0.2, 0.25) is 0 Å². The van der Waals surface area contributed by atoms with E-state index in [1.807, 2.05) is 95.9 Å². The number of nitrogens with zero attached hydrogens (tertiary/aromatic N) is 2. The Morgan fingerprint density at radius 1 is 0.782 bits per heavy atom. The van der Waals surface area contributed by atoms with E-state index in [1.54, 1.807) is 12.1 Å². The molecule has 5 aromatic rings. The molecular formula is C66H83N3O9. The third-order valence-corrected chi connectivity index (χ3v) is 15.9. The van der Waals surface area contributed by atoms with Crippen LogP contribution in [-0.2, 0) is 34.0 Å². The average Bonchev–Trinajstić information content (AvgIpc) is 3.66. The van der Waals surface area contributed by atoms with Crippen LogP contribution in [0.1, 0.15) is 144 Å². The van der Waals surface area contributed by atoms with E-state index >= 15 is 4.79 Å². The molecule has 8 rings (SSSR count). The van der Waals surface area contributed by atoms with Gasteiger partial charge in [0.1, 0.15) is 24.1 Å². The van der Waals surface area contributed by atoms with Crippen LogP contribution >= 0.6 is 0 Å². The fourth-order valence-electron chi connectivity index (χ4n) is 12.1. The third kappa shape index (κ3) is 15.0. The van der Waals surface area contributed by atoms with Gasteiger partial charge in [-0.3, -0.25) is 4.90 Å². The number of nitrogens with one attached hydrogen (secondary N) is 1. The van der Waals surface area contributed by atoms with E-state index in [0.29, 0.717) is 36.6 Å². The van der Waals surface area contributed by atoms with Crippen molar-refractivity contribution in [2.24, 2.45) is 22.9 Å². The Labute approximate surface area is 462 Å². The molecule has 6 unspecified atom stereocenters. The highest BCUT2D eigenvalue weighted by Gasteiger charge is 2.66. The number of benzene rings is 5. The van der Waals surface area contributed by atoms with Crippen LogP contribution in [0.3, 0.4) is 0 Å². The molecule has 78 heavy (non-hydrogen) atoms. The van der Waals surface area contributed by atoms with E-state index in [2.05, 4.69) is 49.2 Å². The minimum atomic E-state index is -1.53. The topological polar surface area (TPSA) is 148 Å². The van der Waals surface area contributed by atoms with E-state index in [0.717, 1.165) is 83.5 Å². The quantitative estimate of drug-likeness (QED) is 0.0224. The number of ether oxygens (including phenoxy) is 4. The lowest BCUT2D eigenvalue weighted by Crippen LogP contribution is -2.70. The minimum Gasteiger partial charge on any atom is -0.459 e. The Balaban J connectivity index is 1.24. The zero-order chi connectivity index (χ0) is 54.4.